The molecule has 0 saturated heterocycles. The molecule has 0 radical (unpaired) electrons. The van der Waals surface area contributed by atoms with Crippen LogP contribution in [-0.2, 0) is 16.1 Å². The highest BCUT2D eigenvalue weighted by Gasteiger charge is 1.98. The molecular weight excluding hydrogens is 222 g/mol. The van der Waals surface area contributed by atoms with Crippen LogP contribution in [0.25, 0.3) is 0 Å². The first kappa shape index (κ1) is 12.9. The van der Waals surface area contributed by atoms with Gasteiger partial charge in [0.15, 0.2) is 0 Å². The summed E-state index contributed by atoms with van der Waals surface area (Å²) in [6.45, 7) is 4.67. The van der Waals surface area contributed by atoms with E-state index in [2.05, 4.69) is 5.32 Å². The highest BCUT2D eigenvalue weighted by atomic mass is 32.1. The summed E-state index contributed by atoms with van der Waals surface area (Å²) in [7, 11) is 1.54. The van der Waals surface area contributed by atoms with Crippen LogP contribution in [0.4, 0.5) is 5.69 Å². The first-order valence-electron chi connectivity index (χ1n) is 5.17. The summed E-state index contributed by atoms with van der Waals surface area (Å²) in [4.78, 5) is 0. The normalized spacial score (nSPS) is 10.2. The van der Waals surface area contributed by atoms with Gasteiger partial charge in [0.2, 0.25) is 0 Å². The fourth-order valence-corrected chi connectivity index (χ4v) is 1.23. The number of ether oxygens (including phenoxy) is 2. The van der Waals surface area contributed by atoms with Gasteiger partial charge in [0, 0.05) is 5.69 Å². The van der Waals surface area contributed by atoms with Crippen molar-refractivity contribution in [3.8, 4) is 0 Å². The molecule has 1 rings (SSSR count). The highest BCUT2D eigenvalue weighted by Crippen LogP contribution is 2.11. The van der Waals surface area contributed by atoms with Gasteiger partial charge in [-0.05, 0) is 43.8 Å². The standard InChI is InChI=1S/C12H17NO2S/c1-9(2)15-8-10-4-6-11(7-5-10)13-12(16)14-3/h4-7,9H,8H2,1-3H3,(H,13,16). The van der Waals surface area contributed by atoms with Crippen LogP contribution in [0.2, 0.25) is 0 Å². The number of hydrogen-bond acceptors (Lipinski definition) is 3. The van der Waals surface area contributed by atoms with Crippen LogP contribution in [0.5, 0.6) is 0 Å². The highest BCUT2D eigenvalue weighted by molar-refractivity contribution is 7.80. The molecule has 16 heavy (non-hydrogen) atoms. The number of rotatable bonds is 4. The van der Waals surface area contributed by atoms with Gasteiger partial charge < -0.3 is 14.8 Å². The zero-order valence-corrected chi connectivity index (χ0v) is 10.6. The second-order valence-electron chi connectivity index (χ2n) is 3.67. The molecule has 0 spiro atoms. The van der Waals surface area contributed by atoms with E-state index in [1.807, 2.05) is 38.1 Å². The van der Waals surface area contributed by atoms with Crippen molar-refractivity contribution in [2.75, 3.05) is 12.4 Å². The van der Waals surface area contributed by atoms with Crippen molar-refractivity contribution in [1.82, 2.24) is 0 Å². The van der Waals surface area contributed by atoms with Gasteiger partial charge in [-0.2, -0.15) is 0 Å². The minimum absolute atomic E-state index is 0.249. The van der Waals surface area contributed by atoms with Gasteiger partial charge >= 0.3 is 0 Å². The molecule has 1 N–H and O–H groups in total. The van der Waals surface area contributed by atoms with Crippen molar-refractivity contribution in [3.63, 3.8) is 0 Å². The van der Waals surface area contributed by atoms with Crippen molar-refractivity contribution in [3.05, 3.63) is 29.8 Å². The largest absolute Gasteiger partial charge is 0.474 e. The molecule has 0 saturated carbocycles. The van der Waals surface area contributed by atoms with Crippen molar-refractivity contribution >= 4 is 23.1 Å². The Morgan fingerprint density at radius 3 is 2.44 bits per heavy atom. The van der Waals surface area contributed by atoms with Gasteiger partial charge in [-0.3, -0.25) is 0 Å². The SMILES string of the molecule is COC(=S)Nc1ccc(COC(C)C)cc1. The zero-order chi connectivity index (χ0) is 12.0. The summed E-state index contributed by atoms with van der Waals surface area (Å²) >= 11 is 4.90. The molecule has 0 aliphatic carbocycles. The maximum absolute atomic E-state index is 5.50. The van der Waals surface area contributed by atoms with E-state index >= 15 is 0 Å². The zero-order valence-electron chi connectivity index (χ0n) is 9.82. The van der Waals surface area contributed by atoms with Crippen LogP contribution in [0.1, 0.15) is 19.4 Å². The molecule has 0 fully saturated rings. The van der Waals surface area contributed by atoms with E-state index in [4.69, 9.17) is 21.7 Å². The molecule has 0 amide bonds. The number of thiocarbonyl (C=S) groups is 1. The second kappa shape index (κ2) is 6.45. The summed E-state index contributed by atoms with van der Waals surface area (Å²) in [6.07, 6.45) is 0.249. The van der Waals surface area contributed by atoms with Crippen molar-refractivity contribution in [1.29, 1.82) is 0 Å². The van der Waals surface area contributed by atoms with Gasteiger partial charge in [0.05, 0.1) is 19.8 Å². The van der Waals surface area contributed by atoms with Crippen LogP contribution in [0.3, 0.4) is 0 Å². The molecular formula is C12H17NO2S. The fraction of sp³-hybridized carbons (Fsp3) is 0.417. The molecule has 0 unspecified atom stereocenters. The van der Waals surface area contributed by atoms with Gasteiger partial charge in [0.1, 0.15) is 0 Å². The molecule has 4 heteroatoms. The first-order chi connectivity index (χ1) is 7.61. The molecule has 1 aromatic carbocycles. The summed E-state index contributed by atoms with van der Waals surface area (Å²) in [5, 5.41) is 3.32. The molecule has 88 valence electrons. The Hall–Kier alpha value is -1.13. The number of nitrogens with one attached hydrogen (secondary N) is 1. The third-order valence-corrected chi connectivity index (χ3v) is 2.24. The van der Waals surface area contributed by atoms with E-state index in [1.165, 1.54) is 0 Å². The van der Waals surface area contributed by atoms with Crippen LogP contribution in [-0.4, -0.2) is 18.4 Å². The minimum Gasteiger partial charge on any atom is -0.474 e. The predicted octanol–water partition coefficient (Wildman–Crippen LogP) is 2.95. The van der Waals surface area contributed by atoms with E-state index in [0.717, 1.165) is 11.3 Å². The summed E-state index contributed by atoms with van der Waals surface area (Å²) in [6, 6.07) is 7.90. The van der Waals surface area contributed by atoms with Crippen LogP contribution >= 0.6 is 12.2 Å². The topological polar surface area (TPSA) is 30.5 Å². The van der Waals surface area contributed by atoms with Gasteiger partial charge in [-0.15, -0.1) is 0 Å². The monoisotopic (exact) mass is 239 g/mol. The Labute approximate surface area is 102 Å². The molecule has 0 bridgehead atoms. The molecule has 0 aliphatic rings. The average Bonchev–Trinajstić information content (AvgIpc) is 2.28. The fourth-order valence-electron chi connectivity index (χ4n) is 1.12. The Bertz CT molecular complexity index is 335. The minimum atomic E-state index is 0.249. The molecule has 0 aromatic heterocycles. The number of anilines is 1. The predicted molar refractivity (Wildman–Crippen MR) is 69.6 cm³/mol. The van der Waals surface area contributed by atoms with E-state index in [9.17, 15) is 0 Å². The van der Waals surface area contributed by atoms with Crippen LogP contribution in [0, 0.1) is 0 Å². The molecule has 1 aromatic rings. The maximum atomic E-state index is 5.50. The molecule has 0 heterocycles. The second-order valence-corrected chi connectivity index (χ2v) is 4.04. The van der Waals surface area contributed by atoms with E-state index in [-0.39, 0.29) is 6.10 Å². The Morgan fingerprint density at radius 1 is 1.31 bits per heavy atom. The lowest BCUT2D eigenvalue weighted by atomic mass is 10.2. The Balaban J connectivity index is 2.51. The van der Waals surface area contributed by atoms with Crippen LogP contribution < -0.4 is 5.32 Å². The van der Waals surface area contributed by atoms with Crippen LogP contribution in [0.15, 0.2) is 24.3 Å². The summed E-state index contributed by atoms with van der Waals surface area (Å²) in [5.74, 6) is 0. The number of methoxy groups -OCH3 is 1. The van der Waals surface area contributed by atoms with Crippen molar-refractivity contribution in [2.45, 2.75) is 26.6 Å². The smallest absolute Gasteiger partial charge is 0.260 e. The molecule has 0 atom stereocenters. The average molecular weight is 239 g/mol. The lowest BCUT2D eigenvalue weighted by Crippen LogP contribution is -2.10. The number of benzene rings is 1. The lowest BCUT2D eigenvalue weighted by molar-refractivity contribution is 0.0657. The quantitative estimate of drug-likeness (QED) is 0.818. The van der Waals surface area contributed by atoms with Gasteiger partial charge in [-0.1, -0.05) is 12.1 Å². The molecule has 0 aliphatic heterocycles. The van der Waals surface area contributed by atoms with E-state index in [0.29, 0.717) is 11.8 Å². The number of hydrogen-bond donors (Lipinski definition) is 1. The maximum Gasteiger partial charge on any atom is 0.260 e. The first-order valence-corrected chi connectivity index (χ1v) is 5.58. The van der Waals surface area contributed by atoms with Gasteiger partial charge in [-0.25, -0.2) is 0 Å². The van der Waals surface area contributed by atoms with E-state index < -0.39 is 0 Å². The van der Waals surface area contributed by atoms with E-state index in [1.54, 1.807) is 7.11 Å². The van der Waals surface area contributed by atoms with Gasteiger partial charge in [0.25, 0.3) is 5.17 Å². The lowest BCUT2D eigenvalue weighted by Gasteiger charge is -2.09. The summed E-state index contributed by atoms with van der Waals surface area (Å²) < 4.78 is 10.4. The van der Waals surface area contributed by atoms with Crippen molar-refractivity contribution in [2.24, 2.45) is 0 Å². The Morgan fingerprint density at radius 2 is 1.94 bits per heavy atom. The third-order valence-electron chi connectivity index (χ3n) is 1.97. The third kappa shape index (κ3) is 4.59. The summed E-state index contributed by atoms with van der Waals surface area (Å²) in [5.41, 5.74) is 2.06. The van der Waals surface area contributed by atoms with Crippen molar-refractivity contribution < 1.29 is 9.47 Å². The Kier molecular flexibility index (Phi) is 5.22. The molecule has 3 nitrogen and oxygen atoms in total.